The smallest absolute Gasteiger partial charge is 0.373 e. The zero-order valence-electron chi connectivity index (χ0n) is 10.6. The number of halogens is 5. The maximum absolute atomic E-state index is 13.2. The van der Waals surface area contributed by atoms with Gasteiger partial charge in [0, 0.05) is 22.5 Å². The predicted octanol–water partition coefficient (Wildman–Crippen LogP) is 3.85. The second-order valence-electron chi connectivity index (χ2n) is 4.63. The summed E-state index contributed by atoms with van der Waals surface area (Å²) >= 11 is 6.34. The summed E-state index contributed by atoms with van der Waals surface area (Å²) in [6, 6.07) is 0.910. The van der Waals surface area contributed by atoms with Crippen molar-refractivity contribution in [1.29, 1.82) is 0 Å². The van der Waals surface area contributed by atoms with E-state index in [2.05, 4.69) is 36.8 Å². The number of morpholine rings is 1. The van der Waals surface area contributed by atoms with Gasteiger partial charge in [-0.3, -0.25) is 0 Å². The molecule has 2 unspecified atom stereocenters. The molecule has 2 atom stereocenters. The van der Waals surface area contributed by atoms with Gasteiger partial charge in [-0.05, 0) is 28.9 Å². The number of rotatable bonds is 2. The number of nitrogens with zero attached hydrogens (tertiary/aromatic N) is 2. The molecule has 1 fully saturated rings. The van der Waals surface area contributed by atoms with Crippen LogP contribution in [0.3, 0.4) is 0 Å². The fourth-order valence-corrected chi connectivity index (χ4v) is 2.80. The van der Waals surface area contributed by atoms with Gasteiger partial charge in [-0.1, -0.05) is 15.9 Å². The molecule has 1 aliphatic rings. The number of hydrogen-bond acceptors (Lipinski definition) is 3. The van der Waals surface area contributed by atoms with Crippen LogP contribution in [0.25, 0.3) is 0 Å². The van der Waals surface area contributed by atoms with Gasteiger partial charge in [0.05, 0.1) is 24.3 Å². The van der Waals surface area contributed by atoms with E-state index in [1.165, 1.54) is 6.20 Å². The van der Waals surface area contributed by atoms with Crippen LogP contribution in [0, 0.1) is 0 Å². The highest BCUT2D eigenvalue weighted by atomic mass is 79.9. The van der Waals surface area contributed by atoms with E-state index < -0.39 is 11.7 Å². The standard InChI is InChI=1S/C12H13Br2F3N2O/c1-7-6-20-9(3-13)5-19(7)11-10(12(15,16)17)2-8(14)4-18-11/h2,4,7,9H,3,5-6H2,1H3. The molecule has 0 spiro atoms. The molecule has 1 aromatic rings. The summed E-state index contributed by atoms with van der Waals surface area (Å²) in [5.74, 6) is -0.0394. The maximum Gasteiger partial charge on any atom is 0.419 e. The zero-order chi connectivity index (χ0) is 14.9. The van der Waals surface area contributed by atoms with Gasteiger partial charge in [0.2, 0.25) is 0 Å². The topological polar surface area (TPSA) is 25.4 Å². The van der Waals surface area contributed by atoms with Crippen molar-refractivity contribution in [1.82, 2.24) is 4.98 Å². The van der Waals surface area contributed by atoms with Gasteiger partial charge < -0.3 is 9.64 Å². The lowest BCUT2D eigenvalue weighted by atomic mass is 10.1. The summed E-state index contributed by atoms with van der Waals surface area (Å²) in [5.41, 5.74) is -0.728. The average Bonchev–Trinajstić information content (AvgIpc) is 2.38. The molecule has 20 heavy (non-hydrogen) atoms. The molecule has 0 radical (unpaired) electrons. The molecular weight excluding hydrogens is 405 g/mol. The minimum atomic E-state index is -4.44. The molecular formula is C12H13Br2F3N2O. The molecule has 3 nitrogen and oxygen atoms in total. The molecule has 112 valence electrons. The summed E-state index contributed by atoms with van der Waals surface area (Å²) in [6.45, 7) is 2.59. The van der Waals surface area contributed by atoms with E-state index in [-0.39, 0.29) is 18.0 Å². The molecule has 1 aliphatic heterocycles. The first-order valence-corrected chi connectivity index (χ1v) is 7.91. The molecule has 0 N–H and O–H groups in total. The van der Waals surface area contributed by atoms with E-state index in [4.69, 9.17) is 4.74 Å². The summed E-state index contributed by atoms with van der Waals surface area (Å²) in [6.07, 6.45) is -3.19. The molecule has 8 heteroatoms. The third-order valence-corrected chi connectivity index (χ3v) is 4.24. The average molecular weight is 418 g/mol. The van der Waals surface area contributed by atoms with Gasteiger partial charge in [0.15, 0.2) is 0 Å². The van der Waals surface area contributed by atoms with Crippen molar-refractivity contribution in [2.75, 3.05) is 23.4 Å². The fourth-order valence-electron chi connectivity index (χ4n) is 2.08. The van der Waals surface area contributed by atoms with Crippen molar-refractivity contribution >= 4 is 37.7 Å². The third-order valence-electron chi connectivity index (χ3n) is 3.09. The van der Waals surface area contributed by atoms with E-state index in [1.54, 1.807) is 4.90 Å². The van der Waals surface area contributed by atoms with Gasteiger partial charge in [0.1, 0.15) is 5.82 Å². The van der Waals surface area contributed by atoms with Crippen LogP contribution in [-0.2, 0) is 10.9 Å². The summed E-state index contributed by atoms with van der Waals surface area (Å²) in [4.78, 5) is 5.63. The van der Waals surface area contributed by atoms with Crippen LogP contribution in [0.5, 0.6) is 0 Å². The minimum Gasteiger partial charge on any atom is -0.373 e. The lowest BCUT2D eigenvalue weighted by molar-refractivity contribution is -0.137. The van der Waals surface area contributed by atoms with Crippen molar-refractivity contribution in [3.05, 3.63) is 22.3 Å². The van der Waals surface area contributed by atoms with Crippen LogP contribution in [0.4, 0.5) is 19.0 Å². The Hall–Kier alpha value is -0.340. The highest BCUT2D eigenvalue weighted by Crippen LogP contribution is 2.38. The number of alkyl halides is 4. The van der Waals surface area contributed by atoms with Gasteiger partial charge in [0.25, 0.3) is 0 Å². The monoisotopic (exact) mass is 416 g/mol. The number of pyridine rings is 1. The van der Waals surface area contributed by atoms with Crippen molar-refractivity contribution in [2.24, 2.45) is 0 Å². The molecule has 0 amide bonds. The molecule has 0 aliphatic carbocycles. The third kappa shape index (κ3) is 3.46. The number of hydrogen-bond donors (Lipinski definition) is 0. The highest BCUT2D eigenvalue weighted by Gasteiger charge is 2.38. The number of anilines is 1. The zero-order valence-corrected chi connectivity index (χ0v) is 13.8. The Kier molecular flexibility index (Phi) is 4.96. The Morgan fingerprint density at radius 3 is 2.80 bits per heavy atom. The molecule has 0 saturated carbocycles. The summed E-state index contributed by atoms with van der Waals surface area (Å²) in [5, 5.41) is 0.577. The van der Waals surface area contributed by atoms with Gasteiger partial charge in [-0.2, -0.15) is 13.2 Å². The normalized spacial score (nSPS) is 24.0. The van der Waals surface area contributed by atoms with E-state index in [1.807, 2.05) is 6.92 Å². The molecule has 2 heterocycles. The predicted molar refractivity (Wildman–Crippen MR) is 77.3 cm³/mol. The second kappa shape index (κ2) is 6.19. The van der Waals surface area contributed by atoms with Crippen molar-refractivity contribution in [2.45, 2.75) is 25.2 Å². The van der Waals surface area contributed by atoms with Gasteiger partial charge in [-0.25, -0.2) is 4.98 Å². The molecule has 1 aromatic heterocycles. The van der Waals surface area contributed by atoms with Crippen LogP contribution in [0.15, 0.2) is 16.7 Å². The first-order chi connectivity index (χ1) is 9.32. The van der Waals surface area contributed by atoms with Crippen LogP contribution >= 0.6 is 31.9 Å². The van der Waals surface area contributed by atoms with Gasteiger partial charge >= 0.3 is 6.18 Å². The lowest BCUT2D eigenvalue weighted by Crippen LogP contribution is -2.50. The number of ether oxygens (including phenoxy) is 1. The van der Waals surface area contributed by atoms with Crippen LogP contribution in [0.1, 0.15) is 12.5 Å². The minimum absolute atomic E-state index is 0.0394. The van der Waals surface area contributed by atoms with E-state index >= 15 is 0 Å². The van der Waals surface area contributed by atoms with Crippen molar-refractivity contribution in [3.8, 4) is 0 Å². The molecule has 0 bridgehead atoms. The van der Waals surface area contributed by atoms with Gasteiger partial charge in [-0.15, -0.1) is 0 Å². The van der Waals surface area contributed by atoms with E-state index in [0.29, 0.717) is 23.0 Å². The largest absolute Gasteiger partial charge is 0.419 e. The second-order valence-corrected chi connectivity index (χ2v) is 6.20. The van der Waals surface area contributed by atoms with E-state index in [9.17, 15) is 13.2 Å². The Morgan fingerprint density at radius 1 is 1.50 bits per heavy atom. The maximum atomic E-state index is 13.2. The van der Waals surface area contributed by atoms with Crippen molar-refractivity contribution in [3.63, 3.8) is 0 Å². The Morgan fingerprint density at radius 2 is 2.20 bits per heavy atom. The van der Waals surface area contributed by atoms with Crippen LogP contribution in [0.2, 0.25) is 0 Å². The Bertz CT molecular complexity index is 484. The molecule has 0 aromatic carbocycles. The van der Waals surface area contributed by atoms with E-state index in [0.717, 1.165) is 6.07 Å². The van der Waals surface area contributed by atoms with Crippen LogP contribution < -0.4 is 4.90 Å². The lowest BCUT2D eigenvalue weighted by Gasteiger charge is -2.39. The first kappa shape index (κ1) is 16.0. The first-order valence-electron chi connectivity index (χ1n) is 6.00. The highest BCUT2D eigenvalue weighted by molar-refractivity contribution is 9.10. The molecule has 1 saturated heterocycles. The van der Waals surface area contributed by atoms with Crippen LogP contribution in [-0.4, -0.2) is 35.6 Å². The summed E-state index contributed by atoms with van der Waals surface area (Å²) in [7, 11) is 0. The molecule has 2 rings (SSSR count). The number of aromatic nitrogens is 1. The fraction of sp³-hybridized carbons (Fsp3) is 0.583. The SMILES string of the molecule is CC1COC(CBr)CN1c1ncc(Br)cc1C(F)(F)F. The Labute approximate surface area is 131 Å². The van der Waals surface area contributed by atoms with Crippen molar-refractivity contribution < 1.29 is 17.9 Å². The Balaban J connectivity index is 2.40. The summed E-state index contributed by atoms with van der Waals surface area (Å²) < 4.78 is 45.3. The quantitative estimate of drug-likeness (QED) is 0.683.